The molecule has 2 atom stereocenters. The molecular formula is C14H20O2S. The fraction of sp³-hybridized carbons (Fsp3) is 0.643. The van der Waals surface area contributed by atoms with E-state index in [1.807, 2.05) is 6.07 Å². The zero-order valence-electron chi connectivity index (χ0n) is 10.3. The largest absolute Gasteiger partial charge is 0.481 e. The maximum atomic E-state index is 11.6. The van der Waals surface area contributed by atoms with E-state index >= 15 is 0 Å². The van der Waals surface area contributed by atoms with Crippen LogP contribution < -0.4 is 0 Å². The molecule has 0 bridgehead atoms. The molecular weight excluding hydrogens is 232 g/mol. The normalized spacial score (nSPS) is 29.1. The SMILES string of the molecule is CC1CCCC(CCc2cccs2)(C(=O)O)C1. The molecule has 0 spiro atoms. The van der Waals surface area contributed by atoms with E-state index in [4.69, 9.17) is 0 Å². The molecule has 2 unspecified atom stereocenters. The Kier molecular flexibility index (Phi) is 3.87. The number of hydrogen-bond donors (Lipinski definition) is 1. The molecule has 0 saturated heterocycles. The summed E-state index contributed by atoms with van der Waals surface area (Å²) in [5, 5.41) is 11.6. The van der Waals surface area contributed by atoms with Crippen molar-refractivity contribution in [1.29, 1.82) is 0 Å². The molecule has 1 aliphatic carbocycles. The molecule has 2 nitrogen and oxygen atoms in total. The monoisotopic (exact) mass is 252 g/mol. The average molecular weight is 252 g/mol. The van der Waals surface area contributed by atoms with Gasteiger partial charge in [-0.25, -0.2) is 0 Å². The first-order valence-corrected chi connectivity index (χ1v) is 7.26. The van der Waals surface area contributed by atoms with Crippen molar-refractivity contribution in [3.05, 3.63) is 22.4 Å². The van der Waals surface area contributed by atoms with Crippen LogP contribution in [0.3, 0.4) is 0 Å². The number of aliphatic carboxylic acids is 1. The van der Waals surface area contributed by atoms with Crippen LogP contribution in [0, 0.1) is 11.3 Å². The summed E-state index contributed by atoms with van der Waals surface area (Å²) in [5.74, 6) is -0.0243. The highest BCUT2D eigenvalue weighted by molar-refractivity contribution is 7.09. The van der Waals surface area contributed by atoms with Crippen LogP contribution in [-0.2, 0) is 11.2 Å². The Morgan fingerprint density at radius 1 is 1.65 bits per heavy atom. The van der Waals surface area contributed by atoms with E-state index in [1.54, 1.807) is 11.3 Å². The second-order valence-electron chi connectivity index (χ2n) is 5.37. The predicted molar refractivity (Wildman–Crippen MR) is 70.3 cm³/mol. The Bertz CT molecular complexity index is 372. The van der Waals surface area contributed by atoms with Gasteiger partial charge in [-0.1, -0.05) is 25.8 Å². The van der Waals surface area contributed by atoms with Crippen molar-refractivity contribution in [3.63, 3.8) is 0 Å². The minimum atomic E-state index is -0.583. The van der Waals surface area contributed by atoms with Crippen molar-refractivity contribution in [3.8, 4) is 0 Å². The first kappa shape index (κ1) is 12.6. The third kappa shape index (κ3) is 2.89. The molecule has 1 aromatic heterocycles. The highest BCUT2D eigenvalue weighted by Crippen LogP contribution is 2.43. The van der Waals surface area contributed by atoms with Gasteiger partial charge in [-0.2, -0.15) is 0 Å². The molecule has 2 rings (SSSR count). The number of carboxylic acid groups (broad SMARTS) is 1. The van der Waals surface area contributed by atoms with Crippen molar-refractivity contribution in [2.45, 2.75) is 45.4 Å². The van der Waals surface area contributed by atoms with Crippen molar-refractivity contribution in [1.82, 2.24) is 0 Å². The van der Waals surface area contributed by atoms with Crippen LogP contribution in [0.5, 0.6) is 0 Å². The van der Waals surface area contributed by atoms with E-state index in [0.29, 0.717) is 5.92 Å². The van der Waals surface area contributed by atoms with Crippen LogP contribution in [0.1, 0.15) is 43.9 Å². The highest BCUT2D eigenvalue weighted by Gasteiger charge is 2.41. The number of aryl methyl sites for hydroxylation is 1. The van der Waals surface area contributed by atoms with Gasteiger partial charge in [-0.05, 0) is 43.0 Å². The quantitative estimate of drug-likeness (QED) is 0.880. The molecule has 0 radical (unpaired) electrons. The fourth-order valence-electron chi connectivity index (χ4n) is 3.01. The summed E-state index contributed by atoms with van der Waals surface area (Å²) < 4.78 is 0. The maximum Gasteiger partial charge on any atom is 0.309 e. The Balaban J connectivity index is 2.03. The summed E-state index contributed by atoms with van der Waals surface area (Å²) in [7, 11) is 0. The van der Waals surface area contributed by atoms with E-state index in [1.165, 1.54) is 11.3 Å². The zero-order chi connectivity index (χ0) is 12.3. The van der Waals surface area contributed by atoms with Crippen LogP contribution >= 0.6 is 11.3 Å². The summed E-state index contributed by atoms with van der Waals surface area (Å²) in [6, 6.07) is 4.14. The van der Waals surface area contributed by atoms with Crippen LogP contribution in [0.15, 0.2) is 17.5 Å². The van der Waals surface area contributed by atoms with Crippen LogP contribution in [0.2, 0.25) is 0 Å². The number of hydrogen-bond acceptors (Lipinski definition) is 2. The molecule has 0 aromatic carbocycles. The van der Waals surface area contributed by atoms with Crippen LogP contribution in [0.25, 0.3) is 0 Å². The lowest BCUT2D eigenvalue weighted by molar-refractivity contribution is -0.152. The molecule has 94 valence electrons. The van der Waals surface area contributed by atoms with Gasteiger partial charge >= 0.3 is 5.97 Å². The van der Waals surface area contributed by atoms with Gasteiger partial charge in [0.05, 0.1) is 5.41 Å². The van der Waals surface area contributed by atoms with Crippen LogP contribution in [0.4, 0.5) is 0 Å². The van der Waals surface area contributed by atoms with Crippen molar-refractivity contribution in [2.75, 3.05) is 0 Å². The third-order valence-electron chi connectivity index (χ3n) is 3.98. The minimum absolute atomic E-state index is 0.457. The highest BCUT2D eigenvalue weighted by atomic mass is 32.1. The Hall–Kier alpha value is -0.830. The number of carboxylic acids is 1. The number of rotatable bonds is 4. The maximum absolute atomic E-state index is 11.6. The van der Waals surface area contributed by atoms with Gasteiger partial charge in [0.1, 0.15) is 0 Å². The molecule has 1 N–H and O–H groups in total. The second kappa shape index (κ2) is 5.21. The first-order chi connectivity index (χ1) is 8.12. The van der Waals surface area contributed by atoms with Gasteiger partial charge in [-0.15, -0.1) is 11.3 Å². The van der Waals surface area contributed by atoms with E-state index in [-0.39, 0.29) is 0 Å². The topological polar surface area (TPSA) is 37.3 Å². The molecule has 1 aliphatic rings. The summed E-state index contributed by atoms with van der Waals surface area (Å²) in [6.07, 6.45) is 5.68. The molecule has 0 amide bonds. The van der Waals surface area contributed by atoms with E-state index in [0.717, 1.165) is 32.1 Å². The molecule has 3 heteroatoms. The van der Waals surface area contributed by atoms with E-state index in [2.05, 4.69) is 18.4 Å². The summed E-state index contributed by atoms with van der Waals surface area (Å²) in [5.41, 5.74) is -0.457. The van der Waals surface area contributed by atoms with E-state index < -0.39 is 11.4 Å². The molecule has 17 heavy (non-hydrogen) atoms. The number of thiophene rings is 1. The predicted octanol–water partition coefficient (Wildman–Crippen LogP) is 3.96. The van der Waals surface area contributed by atoms with Gasteiger partial charge in [0.2, 0.25) is 0 Å². The summed E-state index contributed by atoms with van der Waals surface area (Å²) >= 11 is 1.73. The van der Waals surface area contributed by atoms with E-state index in [9.17, 15) is 9.90 Å². The van der Waals surface area contributed by atoms with Gasteiger partial charge in [-0.3, -0.25) is 4.79 Å². The van der Waals surface area contributed by atoms with Gasteiger partial charge in [0.15, 0.2) is 0 Å². The first-order valence-electron chi connectivity index (χ1n) is 6.38. The van der Waals surface area contributed by atoms with Gasteiger partial charge < -0.3 is 5.11 Å². The van der Waals surface area contributed by atoms with Gasteiger partial charge in [0, 0.05) is 4.88 Å². The third-order valence-corrected chi connectivity index (χ3v) is 4.91. The molecule has 1 saturated carbocycles. The lowest BCUT2D eigenvalue weighted by Gasteiger charge is -2.36. The molecule has 1 fully saturated rings. The Morgan fingerprint density at radius 2 is 2.47 bits per heavy atom. The minimum Gasteiger partial charge on any atom is -0.481 e. The lowest BCUT2D eigenvalue weighted by Crippen LogP contribution is -2.36. The zero-order valence-corrected chi connectivity index (χ0v) is 11.1. The molecule has 0 aliphatic heterocycles. The standard InChI is InChI=1S/C14H20O2S/c1-11-4-2-7-14(10-11,13(15)16)8-6-12-5-3-9-17-12/h3,5,9,11H,2,4,6-8,10H2,1H3,(H,15,16). The van der Waals surface area contributed by atoms with Crippen molar-refractivity contribution < 1.29 is 9.90 Å². The van der Waals surface area contributed by atoms with Crippen molar-refractivity contribution in [2.24, 2.45) is 11.3 Å². The van der Waals surface area contributed by atoms with Crippen LogP contribution in [-0.4, -0.2) is 11.1 Å². The molecule has 1 heterocycles. The molecule has 1 aromatic rings. The van der Waals surface area contributed by atoms with Crippen molar-refractivity contribution >= 4 is 17.3 Å². The fourth-order valence-corrected chi connectivity index (χ4v) is 3.71. The second-order valence-corrected chi connectivity index (χ2v) is 6.40. The lowest BCUT2D eigenvalue weighted by atomic mass is 9.67. The number of carbonyl (C=O) groups is 1. The Morgan fingerprint density at radius 3 is 3.06 bits per heavy atom. The summed E-state index contributed by atoms with van der Waals surface area (Å²) in [4.78, 5) is 12.9. The summed E-state index contributed by atoms with van der Waals surface area (Å²) in [6.45, 7) is 2.18. The van der Waals surface area contributed by atoms with Gasteiger partial charge in [0.25, 0.3) is 0 Å². The smallest absolute Gasteiger partial charge is 0.309 e. The average Bonchev–Trinajstić information content (AvgIpc) is 2.79. The Labute approximate surface area is 107 Å².